The molecule has 0 saturated heterocycles. The average Bonchev–Trinajstić information content (AvgIpc) is 3.34. The fourth-order valence-corrected chi connectivity index (χ4v) is 4.09. The van der Waals surface area contributed by atoms with Crippen LogP contribution in [0.15, 0.2) is 41.1 Å². The quantitative estimate of drug-likeness (QED) is 0.595. The Morgan fingerprint density at radius 1 is 1.07 bits per heavy atom. The highest BCUT2D eigenvalue weighted by Gasteiger charge is 2.16. The van der Waals surface area contributed by atoms with Crippen LogP contribution in [0.25, 0.3) is 10.6 Å². The zero-order valence-electron chi connectivity index (χ0n) is 14.9. The van der Waals surface area contributed by atoms with Gasteiger partial charge in [-0.2, -0.15) is 11.3 Å². The van der Waals surface area contributed by atoms with Gasteiger partial charge in [-0.25, -0.2) is 4.98 Å². The lowest BCUT2D eigenvalue weighted by molar-refractivity contribution is 0.0929. The number of nitrogens with zero attached hydrogens (tertiary/aromatic N) is 1. The van der Waals surface area contributed by atoms with Gasteiger partial charge in [0.25, 0.3) is 11.8 Å². The van der Waals surface area contributed by atoms with Gasteiger partial charge in [-0.15, -0.1) is 11.3 Å². The predicted molar refractivity (Wildman–Crippen MR) is 108 cm³/mol. The largest absolute Gasteiger partial charge is 0.497 e. The number of hydrogen-bond acceptors (Lipinski definition) is 6. The Labute approximate surface area is 165 Å². The number of thiazole rings is 1. The van der Waals surface area contributed by atoms with Gasteiger partial charge in [-0.05, 0) is 42.6 Å². The van der Waals surface area contributed by atoms with E-state index in [1.807, 2.05) is 23.8 Å². The topological polar surface area (TPSA) is 80.3 Å². The smallest absolute Gasteiger partial charge is 0.263 e. The number of carbonyl (C=O) groups is 2. The van der Waals surface area contributed by atoms with E-state index in [-0.39, 0.29) is 11.8 Å². The number of aryl methyl sites for hydroxylation is 1. The van der Waals surface area contributed by atoms with Gasteiger partial charge < -0.3 is 15.4 Å². The van der Waals surface area contributed by atoms with Gasteiger partial charge in [0.15, 0.2) is 0 Å². The molecule has 3 aromatic rings. The van der Waals surface area contributed by atoms with Crippen molar-refractivity contribution in [2.24, 2.45) is 0 Å². The van der Waals surface area contributed by atoms with Crippen molar-refractivity contribution in [1.82, 2.24) is 15.6 Å². The fraction of sp³-hybridized carbons (Fsp3) is 0.211. The molecule has 3 rings (SSSR count). The molecule has 0 radical (unpaired) electrons. The Bertz CT molecular complexity index is 918. The summed E-state index contributed by atoms with van der Waals surface area (Å²) < 4.78 is 5.07. The molecule has 0 aliphatic rings. The van der Waals surface area contributed by atoms with Gasteiger partial charge in [-0.3, -0.25) is 9.59 Å². The first kappa shape index (κ1) is 19.1. The monoisotopic (exact) mass is 401 g/mol. The standard InChI is InChI=1S/C19H19N3O3S2/c1-12-16(27-19(22-12)14-7-10-26-11-14)18(24)21-9-8-20-17(23)13-3-5-15(25-2)6-4-13/h3-7,10-11H,8-9H2,1-2H3,(H,20,23)(H,21,24). The van der Waals surface area contributed by atoms with Crippen LogP contribution in [0.2, 0.25) is 0 Å². The Hall–Kier alpha value is -2.71. The lowest BCUT2D eigenvalue weighted by Crippen LogP contribution is -2.34. The summed E-state index contributed by atoms with van der Waals surface area (Å²) in [6.07, 6.45) is 0. The van der Waals surface area contributed by atoms with Crippen molar-refractivity contribution in [2.45, 2.75) is 6.92 Å². The average molecular weight is 402 g/mol. The minimum absolute atomic E-state index is 0.176. The number of carbonyl (C=O) groups excluding carboxylic acids is 2. The van der Waals surface area contributed by atoms with E-state index in [4.69, 9.17) is 4.74 Å². The molecule has 6 nitrogen and oxygen atoms in total. The molecule has 0 spiro atoms. The molecule has 0 atom stereocenters. The molecular formula is C19H19N3O3S2. The second kappa shape index (κ2) is 8.79. The third-order valence-corrected chi connectivity index (χ3v) is 5.71. The van der Waals surface area contributed by atoms with Gasteiger partial charge in [0.05, 0.1) is 12.8 Å². The van der Waals surface area contributed by atoms with Crippen molar-refractivity contribution >= 4 is 34.5 Å². The van der Waals surface area contributed by atoms with E-state index >= 15 is 0 Å². The van der Waals surface area contributed by atoms with Crippen LogP contribution in [0.1, 0.15) is 25.7 Å². The third kappa shape index (κ3) is 4.72. The van der Waals surface area contributed by atoms with E-state index in [2.05, 4.69) is 15.6 Å². The third-order valence-electron chi connectivity index (χ3n) is 3.82. The minimum atomic E-state index is -0.194. The molecule has 0 aliphatic carbocycles. The molecule has 2 aromatic heterocycles. The first-order valence-corrected chi connectivity index (χ1v) is 10.0. The number of aromatic nitrogens is 1. The molecule has 27 heavy (non-hydrogen) atoms. The highest BCUT2D eigenvalue weighted by Crippen LogP contribution is 2.29. The number of amides is 2. The van der Waals surface area contributed by atoms with Crippen molar-refractivity contribution < 1.29 is 14.3 Å². The predicted octanol–water partition coefficient (Wildman–Crippen LogP) is 3.35. The van der Waals surface area contributed by atoms with Gasteiger partial charge in [0.2, 0.25) is 0 Å². The van der Waals surface area contributed by atoms with Gasteiger partial charge in [-0.1, -0.05) is 0 Å². The van der Waals surface area contributed by atoms with E-state index < -0.39 is 0 Å². The lowest BCUT2D eigenvalue weighted by Gasteiger charge is -2.07. The lowest BCUT2D eigenvalue weighted by atomic mass is 10.2. The number of rotatable bonds is 7. The summed E-state index contributed by atoms with van der Waals surface area (Å²) >= 11 is 2.97. The van der Waals surface area contributed by atoms with Crippen LogP contribution in [0.5, 0.6) is 5.75 Å². The number of hydrogen-bond donors (Lipinski definition) is 2. The maximum atomic E-state index is 12.4. The van der Waals surface area contributed by atoms with Gasteiger partial charge in [0, 0.05) is 29.6 Å². The van der Waals surface area contributed by atoms with Crippen molar-refractivity contribution in [3.63, 3.8) is 0 Å². The highest BCUT2D eigenvalue weighted by atomic mass is 32.1. The van der Waals surface area contributed by atoms with Crippen LogP contribution in [0.3, 0.4) is 0 Å². The molecule has 1 aromatic carbocycles. The minimum Gasteiger partial charge on any atom is -0.497 e. The van der Waals surface area contributed by atoms with E-state index in [9.17, 15) is 9.59 Å². The van der Waals surface area contributed by atoms with Gasteiger partial charge >= 0.3 is 0 Å². The summed E-state index contributed by atoms with van der Waals surface area (Å²) in [6, 6.07) is 8.83. The maximum absolute atomic E-state index is 12.4. The Morgan fingerprint density at radius 3 is 2.41 bits per heavy atom. The Balaban J connectivity index is 1.49. The van der Waals surface area contributed by atoms with Gasteiger partial charge in [0.1, 0.15) is 15.6 Å². The van der Waals surface area contributed by atoms with Crippen molar-refractivity contribution in [3.05, 3.63) is 57.2 Å². The Kier molecular flexibility index (Phi) is 6.20. The molecule has 140 valence electrons. The Morgan fingerprint density at radius 2 is 1.78 bits per heavy atom. The second-order valence-electron chi connectivity index (χ2n) is 5.69. The van der Waals surface area contributed by atoms with E-state index in [0.717, 1.165) is 10.6 Å². The van der Waals surface area contributed by atoms with Crippen LogP contribution < -0.4 is 15.4 Å². The summed E-state index contributed by atoms with van der Waals surface area (Å²) in [5.41, 5.74) is 2.28. The normalized spacial score (nSPS) is 10.4. The fourth-order valence-electron chi connectivity index (χ4n) is 2.39. The van der Waals surface area contributed by atoms with Crippen LogP contribution in [-0.2, 0) is 0 Å². The van der Waals surface area contributed by atoms with E-state index in [0.29, 0.717) is 35.0 Å². The van der Waals surface area contributed by atoms with Crippen LogP contribution >= 0.6 is 22.7 Å². The number of benzene rings is 1. The number of thiophene rings is 1. The van der Waals surface area contributed by atoms with Crippen LogP contribution in [0, 0.1) is 6.92 Å². The summed E-state index contributed by atoms with van der Waals surface area (Å²) in [5.74, 6) is 0.325. The second-order valence-corrected chi connectivity index (χ2v) is 7.46. The summed E-state index contributed by atoms with van der Waals surface area (Å²) in [5, 5.41) is 10.4. The molecule has 2 heterocycles. The summed E-state index contributed by atoms with van der Waals surface area (Å²) in [7, 11) is 1.58. The number of ether oxygens (including phenoxy) is 1. The van der Waals surface area contributed by atoms with Crippen molar-refractivity contribution in [1.29, 1.82) is 0 Å². The first-order valence-electron chi connectivity index (χ1n) is 8.29. The van der Waals surface area contributed by atoms with Crippen molar-refractivity contribution in [3.8, 4) is 16.3 Å². The zero-order valence-corrected chi connectivity index (χ0v) is 16.6. The molecule has 0 bridgehead atoms. The molecule has 2 amide bonds. The molecule has 0 fully saturated rings. The summed E-state index contributed by atoms with van der Waals surface area (Å²) in [6.45, 7) is 2.50. The zero-order chi connectivity index (χ0) is 19.2. The maximum Gasteiger partial charge on any atom is 0.263 e. The van der Waals surface area contributed by atoms with Crippen LogP contribution in [0.4, 0.5) is 0 Å². The molecule has 0 aliphatic heterocycles. The molecule has 8 heteroatoms. The molecule has 2 N–H and O–H groups in total. The SMILES string of the molecule is COc1ccc(C(=O)NCCNC(=O)c2sc(-c3ccsc3)nc2C)cc1. The van der Waals surface area contributed by atoms with Crippen molar-refractivity contribution in [2.75, 3.05) is 20.2 Å². The van der Waals surface area contributed by atoms with E-state index in [1.165, 1.54) is 11.3 Å². The number of nitrogens with one attached hydrogen (secondary N) is 2. The molecular weight excluding hydrogens is 382 g/mol. The van der Waals surface area contributed by atoms with E-state index in [1.54, 1.807) is 42.7 Å². The summed E-state index contributed by atoms with van der Waals surface area (Å²) in [4.78, 5) is 29.5. The highest BCUT2D eigenvalue weighted by molar-refractivity contribution is 7.17. The molecule has 0 saturated carbocycles. The molecule has 0 unspecified atom stereocenters. The first-order chi connectivity index (χ1) is 13.1. The number of methoxy groups -OCH3 is 1. The van der Waals surface area contributed by atoms with Crippen LogP contribution in [-0.4, -0.2) is 37.0 Å².